The molecule has 2 aromatic heterocycles. The van der Waals surface area contributed by atoms with E-state index in [9.17, 15) is 13.2 Å². The first-order valence-corrected chi connectivity index (χ1v) is 7.69. The summed E-state index contributed by atoms with van der Waals surface area (Å²) >= 11 is 0.763. The van der Waals surface area contributed by atoms with Crippen LogP contribution in [-0.4, -0.2) is 41.0 Å². The molecule has 0 unspecified atom stereocenters. The highest BCUT2D eigenvalue weighted by Gasteiger charge is 2.30. The summed E-state index contributed by atoms with van der Waals surface area (Å²) < 4.78 is 30.2. The predicted octanol–water partition coefficient (Wildman–Crippen LogP) is 0.958. The molecule has 10 heteroatoms. The van der Waals surface area contributed by atoms with Crippen molar-refractivity contribution in [3.05, 3.63) is 28.7 Å². The highest BCUT2D eigenvalue weighted by Crippen LogP contribution is 2.24. The maximum atomic E-state index is 12.3. The average Bonchev–Trinajstić information content (AvgIpc) is 2.98. The van der Waals surface area contributed by atoms with E-state index in [1.54, 1.807) is 13.0 Å². The lowest BCUT2D eigenvalue weighted by molar-refractivity contribution is 0.0687. The third-order valence-electron chi connectivity index (χ3n) is 2.44. The number of rotatable bonds is 5. The van der Waals surface area contributed by atoms with Crippen molar-refractivity contribution in [2.75, 3.05) is 7.05 Å². The lowest BCUT2D eigenvalue weighted by Gasteiger charge is -2.14. The fraction of sp³-hybridized carbons (Fsp3) is 0.300. The average molecular weight is 317 g/mol. The van der Waals surface area contributed by atoms with Crippen molar-refractivity contribution in [3.63, 3.8) is 0 Å². The second kappa shape index (κ2) is 5.31. The molecule has 0 aromatic carbocycles. The molecule has 0 bridgehead atoms. The second-order valence-electron chi connectivity index (χ2n) is 3.98. The Morgan fingerprint density at radius 3 is 2.80 bits per heavy atom. The first-order chi connectivity index (χ1) is 9.32. The second-order valence-corrected chi connectivity index (χ2v) is 7.08. The largest absolute Gasteiger partial charge is 0.476 e. The van der Waals surface area contributed by atoms with Gasteiger partial charge in [0.05, 0.1) is 17.7 Å². The number of thiazole rings is 1. The Labute approximate surface area is 118 Å². The number of aryl methyl sites for hydroxylation is 1. The number of hydrogen-bond donors (Lipinski definition) is 1. The van der Waals surface area contributed by atoms with Gasteiger partial charge in [0, 0.05) is 13.1 Å². The van der Waals surface area contributed by atoms with Gasteiger partial charge in [0.15, 0.2) is 9.90 Å². The van der Waals surface area contributed by atoms with Gasteiger partial charge in [-0.3, -0.25) is 0 Å². The molecule has 20 heavy (non-hydrogen) atoms. The number of hydrogen-bond acceptors (Lipinski definition) is 7. The molecule has 8 nitrogen and oxygen atoms in total. The van der Waals surface area contributed by atoms with Gasteiger partial charge in [0.2, 0.25) is 0 Å². The van der Waals surface area contributed by atoms with E-state index in [0.717, 1.165) is 15.6 Å². The monoisotopic (exact) mass is 317 g/mol. The smallest absolute Gasteiger partial charge is 0.356 e. The van der Waals surface area contributed by atoms with Crippen molar-refractivity contribution in [3.8, 4) is 0 Å². The van der Waals surface area contributed by atoms with E-state index in [1.807, 2.05) is 0 Å². The number of carboxylic acid groups (broad SMARTS) is 1. The molecule has 0 saturated carbocycles. The first kappa shape index (κ1) is 14.6. The van der Waals surface area contributed by atoms with Gasteiger partial charge in [-0.05, 0) is 6.92 Å². The van der Waals surface area contributed by atoms with Crippen LogP contribution in [0.15, 0.2) is 20.3 Å². The molecule has 0 atom stereocenters. The van der Waals surface area contributed by atoms with Crippen molar-refractivity contribution in [2.45, 2.75) is 17.7 Å². The van der Waals surface area contributed by atoms with Crippen LogP contribution < -0.4 is 0 Å². The zero-order chi connectivity index (χ0) is 14.9. The van der Waals surface area contributed by atoms with Crippen LogP contribution in [0.25, 0.3) is 0 Å². The van der Waals surface area contributed by atoms with Crippen LogP contribution in [0.2, 0.25) is 0 Å². The summed E-state index contributed by atoms with van der Waals surface area (Å²) in [4.78, 5) is 14.5. The van der Waals surface area contributed by atoms with Crippen LogP contribution >= 0.6 is 11.3 Å². The van der Waals surface area contributed by atoms with Crippen LogP contribution in [0.3, 0.4) is 0 Å². The van der Waals surface area contributed by atoms with E-state index in [1.165, 1.54) is 12.6 Å². The lowest BCUT2D eigenvalue weighted by Crippen LogP contribution is -2.27. The molecule has 0 radical (unpaired) electrons. The summed E-state index contributed by atoms with van der Waals surface area (Å²) in [6.45, 7) is 1.67. The number of sulfonamides is 1. The number of nitrogens with zero attached hydrogens (tertiary/aromatic N) is 3. The van der Waals surface area contributed by atoms with Crippen LogP contribution in [0.4, 0.5) is 0 Å². The summed E-state index contributed by atoms with van der Waals surface area (Å²) in [6, 6.07) is 1.61. The van der Waals surface area contributed by atoms with Crippen LogP contribution in [-0.2, 0) is 16.6 Å². The minimum absolute atomic E-state index is 0.0172. The van der Waals surface area contributed by atoms with Gasteiger partial charge in [-0.25, -0.2) is 18.2 Å². The molecular weight excluding hydrogens is 306 g/mol. The molecular formula is C10H11N3O5S2. The molecule has 2 rings (SSSR count). The Kier molecular flexibility index (Phi) is 3.88. The number of aromatic nitrogens is 2. The van der Waals surface area contributed by atoms with Crippen LogP contribution in [0, 0.1) is 6.92 Å². The standard InChI is InChI=1S/C10H11N3O5S2/c1-6-3-7(12-18-6)4-13(2)20(16,17)10-8(9(14)15)11-5-19-10/h3,5H,4H2,1-2H3,(H,14,15). The molecule has 0 aliphatic carbocycles. The maximum absolute atomic E-state index is 12.3. The summed E-state index contributed by atoms with van der Waals surface area (Å²) in [5.41, 5.74) is 1.15. The maximum Gasteiger partial charge on any atom is 0.356 e. The highest BCUT2D eigenvalue weighted by atomic mass is 32.2. The van der Waals surface area contributed by atoms with Crippen molar-refractivity contribution in [1.29, 1.82) is 0 Å². The molecule has 108 valence electrons. The summed E-state index contributed by atoms with van der Waals surface area (Å²) in [5.74, 6) is -0.815. The molecule has 2 aromatic rings. The molecule has 1 N–H and O–H groups in total. The fourth-order valence-corrected chi connectivity index (χ4v) is 3.98. The molecule has 0 saturated heterocycles. The Hall–Kier alpha value is -1.78. The molecule has 0 aliphatic heterocycles. The Bertz CT molecular complexity index is 734. The van der Waals surface area contributed by atoms with Gasteiger partial charge in [-0.15, -0.1) is 11.3 Å². The SMILES string of the molecule is Cc1cc(CN(C)S(=O)(=O)c2scnc2C(=O)O)no1. The van der Waals surface area contributed by atoms with Gasteiger partial charge in [0.25, 0.3) is 10.0 Å². The van der Waals surface area contributed by atoms with Gasteiger partial charge in [0.1, 0.15) is 5.76 Å². The van der Waals surface area contributed by atoms with E-state index in [0.29, 0.717) is 11.5 Å². The van der Waals surface area contributed by atoms with Gasteiger partial charge in [-0.2, -0.15) is 4.31 Å². The van der Waals surface area contributed by atoms with E-state index in [-0.39, 0.29) is 10.8 Å². The van der Waals surface area contributed by atoms with Gasteiger partial charge in [-0.1, -0.05) is 5.16 Å². The zero-order valence-electron chi connectivity index (χ0n) is 10.6. The number of carboxylic acids is 1. The Balaban J connectivity index is 2.30. The van der Waals surface area contributed by atoms with E-state index in [2.05, 4.69) is 10.1 Å². The normalized spacial score (nSPS) is 11.9. The minimum Gasteiger partial charge on any atom is -0.476 e. The molecule has 0 amide bonds. The topological polar surface area (TPSA) is 114 Å². The molecule has 2 heterocycles. The summed E-state index contributed by atoms with van der Waals surface area (Å²) in [6.07, 6.45) is 0. The molecule has 0 aliphatic rings. The zero-order valence-corrected chi connectivity index (χ0v) is 12.2. The van der Waals surface area contributed by atoms with Crippen molar-refractivity contribution >= 4 is 27.3 Å². The third-order valence-corrected chi connectivity index (χ3v) is 5.59. The van der Waals surface area contributed by atoms with Crippen molar-refractivity contribution in [1.82, 2.24) is 14.4 Å². The van der Waals surface area contributed by atoms with Gasteiger partial charge >= 0.3 is 5.97 Å². The molecule has 0 fully saturated rings. The number of aromatic carboxylic acids is 1. The third kappa shape index (κ3) is 2.71. The first-order valence-electron chi connectivity index (χ1n) is 5.37. The van der Waals surface area contributed by atoms with Gasteiger partial charge < -0.3 is 9.63 Å². The molecule has 0 spiro atoms. The Morgan fingerprint density at radius 2 is 2.25 bits per heavy atom. The fourth-order valence-electron chi connectivity index (χ4n) is 1.51. The van der Waals surface area contributed by atoms with Crippen LogP contribution in [0.1, 0.15) is 21.9 Å². The van der Waals surface area contributed by atoms with Crippen LogP contribution in [0.5, 0.6) is 0 Å². The Morgan fingerprint density at radius 1 is 1.55 bits per heavy atom. The lowest BCUT2D eigenvalue weighted by atomic mass is 10.4. The summed E-state index contributed by atoms with van der Waals surface area (Å²) in [5, 5.41) is 12.6. The quantitative estimate of drug-likeness (QED) is 0.873. The van der Waals surface area contributed by atoms with E-state index < -0.39 is 21.7 Å². The minimum atomic E-state index is -3.93. The summed E-state index contributed by atoms with van der Waals surface area (Å²) in [7, 11) is -2.60. The van der Waals surface area contributed by atoms with Crippen molar-refractivity contribution in [2.24, 2.45) is 0 Å². The highest BCUT2D eigenvalue weighted by molar-refractivity contribution is 7.91. The number of carbonyl (C=O) groups is 1. The van der Waals surface area contributed by atoms with Crippen molar-refractivity contribution < 1.29 is 22.8 Å². The predicted molar refractivity (Wildman–Crippen MR) is 69.0 cm³/mol. The van der Waals surface area contributed by atoms with E-state index >= 15 is 0 Å². The van der Waals surface area contributed by atoms with E-state index in [4.69, 9.17) is 9.63 Å².